The SMILES string of the molecule is CCCOc1ccc(C(=O)Nc2ccc(C(=O)Nc3cccc4ccccc34)cc2)cc1. The number of carbonyl (C=O) groups is 2. The Kier molecular flexibility index (Phi) is 6.46. The van der Waals surface area contributed by atoms with E-state index in [1.54, 1.807) is 48.5 Å². The molecule has 5 nitrogen and oxygen atoms in total. The highest BCUT2D eigenvalue weighted by Gasteiger charge is 2.10. The largest absolute Gasteiger partial charge is 0.494 e. The number of anilines is 2. The van der Waals surface area contributed by atoms with Crippen molar-refractivity contribution < 1.29 is 14.3 Å². The van der Waals surface area contributed by atoms with Crippen molar-refractivity contribution >= 4 is 34.0 Å². The molecule has 0 aromatic heterocycles. The lowest BCUT2D eigenvalue weighted by atomic mass is 10.1. The number of amides is 2. The Morgan fingerprint density at radius 1 is 0.719 bits per heavy atom. The summed E-state index contributed by atoms with van der Waals surface area (Å²) in [4.78, 5) is 25.2. The number of ether oxygens (including phenoxy) is 1. The minimum absolute atomic E-state index is 0.207. The van der Waals surface area contributed by atoms with Crippen LogP contribution >= 0.6 is 0 Å². The molecule has 0 bridgehead atoms. The number of benzene rings is 4. The van der Waals surface area contributed by atoms with Gasteiger partial charge in [-0.3, -0.25) is 9.59 Å². The highest BCUT2D eigenvalue weighted by Crippen LogP contribution is 2.24. The van der Waals surface area contributed by atoms with Gasteiger partial charge in [-0.25, -0.2) is 0 Å². The average Bonchev–Trinajstić information content (AvgIpc) is 2.83. The molecule has 5 heteroatoms. The fraction of sp³-hybridized carbons (Fsp3) is 0.111. The van der Waals surface area contributed by atoms with Gasteiger partial charge < -0.3 is 15.4 Å². The molecule has 160 valence electrons. The first-order chi connectivity index (χ1) is 15.6. The van der Waals surface area contributed by atoms with Crippen molar-refractivity contribution in [2.24, 2.45) is 0 Å². The van der Waals surface area contributed by atoms with E-state index in [2.05, 4.69) is 10.6 Å². The fourth-order valence-electron chi connectivity index (χ4n) is 3.36. The third-order valence-electron chi connectivity index (χ3n) is 5.03. The molecule has 0 saturated carbocycles. The van der Waals surface area contributed by atoms with Gasteiger partial charge in [-0.2, -0.15) is 0 Å². The number of fused-ring (bicyclic) bond motifs is 1. The molecular weight excluding hydrogens is 400 g/mol. The second-order valence-electron chi connectivity index (χ2n) is 7.39. The van der Waals surface area contributed by atoms with E-state index >= 15 is 0 Å². The first-order valence-corrected chi connectivity index (χ1v) is 10.6. The van der Waals surface area contributed by atoms with Crippen LogP contribution in [0.1, 0.15) is 34.1 Å². The van der Waals surface area contributed by atoms with Crippen LogP contribution in [0.3, 0.4) is 0 Å². The molecule has 0 heterocycles. The van der Waals surface area contributed by atoms with Gasteiger partial charge >= 0.3 is 0 Å². The minimum atomic E-state index is -0.222. The van der Waals surface area contributed by atoms with Crippen molar-refractivity contribution in [3.63, 3.8) is 0 Å². The Labute approximate surface area is 187 Å². The van der Waals surface area contributed by atoms with Gasteiger partial charge in [-0.05, 0) is 66.4 Å². The van der Waals surface area contributed by atoms with Crippen LogP contribution in [0.15, 0.2) is 91.0 Å². The lowest BCUT2D eigenvalue weighted by molar-refractivity contribution is 0.102. The molecule has 0 saturated heterocycles. The molecule has 2 amide bonds. The second-order valence-corrected chi connectivity index (χ2v) is 7.39. The van der Waals surface area contributed by atoms with Crippen LogP contribution in [0.5, 0.6) is 5.75 Å². The summed E-state index contributed by atoms with van der Waals surface area (Å²) in [5, 5.41) is 7.87. The second kappa shape index (κ2) is 9.79. The average molecular weight is 425 g/mol. The number of nitrogens with one attached hydrogen (secondary N) is 2. The number of hydrogen-bond acceptors (Lipinski definition) is 3. The maximum absolute atomic E-state index is 12.7. The minimum Gasteiger partial charge on any atom is -0.494 e. The summed E-state index contributed by atoms with van der Waals surface area (Å²) in [6.45, 7) is 2.69. The molecule has 4 aromatic rings. The molecule has 0 aliphatic heterocycles. The Morgan fingerprint density at radius 3 is 2.06 bits per heavy atom. The molecule has 0 atom stereocenters. The molecule has 2 N–H and O–H groups in total. The van der Waals surface area contributed by atoms with Crippen molar-refractivity contribution in [3.8, 4) is 5.75 Å². The zero-order valence-electron chi connectivity index (χ0n) is 17.8. The summed E-state index contributed by atoms with van der Waals surface area (Å²) in [6, 6.07) is 27.5. The molecule has 0 unspecified atom stereocenters. The van der Waals surface area contributed by atoms with Crippen LogP contribution in [0, 0.1) is 0 Å². The van der Waals surface area contributed by atoms with E-state index < -0.39 is 0 Å². The van der Waals surface area contributed by atoms with Crippen molar-refractivity contribution in [1.82, 2.24) is 0 Å². The number of rotatable bonds is 7. The molecular formula is C27H24N2O3. The monoisotopic (exact) mass is 424 g/mol. The van der Waals surface area contributed by atoms with Gasteiger partial charge in [0.05, 0.1) is 6.61 Å². The summed E-state index contributed by atoms with van der Waals surface area (Å²) in [5.74, 6) is 0.312. The molecule has 0 spiro atoms. The van der Waals surface area contributed by atoms with Crippen LogP contribution in [0.4, 0.5) is 11.4 Å². The quantitative estimate of drug-likeness (QED) is 0.375. The summed E-state index contributed by atoms with van der Waals surface area (Å²) in [7, 11) is 0. The molecule has 4 rings (SSSR count). The zero-order valence-corrected chi connectivity index (χ0v) is 17.8. The van der Waals surface area contributed by atoms with Crippen LogP contribution < -0.4 is 15.4 Å². The summed E-state index contributed by atoms with van der Waals surface area (Å²) >= 11 is 0. The van der Waals surface area contributed by atoms with Crippen LogP contribution in [-0.2, 0) is 0 Å². The topological polar surface area (TPSA) is 67.4 Å². The normalized spacial score (nSPS) is 10.5. The van der Waals surface area contributed by atoms with E-state index in [0.29, 0.717) is 23.4 Å². The van der Waals surface area contributed by atoms with Gasteiger partial charge in [-0.15, -0.1) is 0 Å². The zero-order chi connectivity index (χ0) is 22.3. The van der Waals surface area contributed by atoms with E-state index in [0.717, 1.165) is 28.6 Å². The van der Waals surface area contributed by atoms with Crippen molar-refractivity contribution in [2.45, 2.75) is 13.3 Å². The van der Waals surface area contributed by atoms with Crippen molar-refractivity contribution in [3.05, 3.63) is 102 Å². The first kappa shape index (κ1) is 21.1. The standard InChI is InChI=1S/C27H24N2O3/c1-2-18-32-23-16-12-21(13-17-23)26(30)28-22-14-10-20(11-15-22)27(31)29-25-9-5-7-19-6-3-4-8-24(19)25/h3-17H,2,18H2,1H3,(H,28,30)(H,29,31). The van der Waals surface area contributed by atoms with Crippen LogP contribution in [0.25, 0.3) is 10.8 Å². The smallest absolute Gasteiger partial charge is 0.255 e. The Balaban J connectivity index is 1.40. The van der Waals surface area contributed by atoms with Gasteiger partial charge in [0.15, 0.2) is 0 Å². The number of carbonyl (C=O) groups excluding carboxylic acids is 2. The van der Waals surface area contributed by atoms with Crippen LogP contribution in [-0.4, -0.2) is 18.4 Å². The first-order valence-electron chi connectivity index (χ1n) is 10.6. The maximum atomic E-state index is 12.7. The van der Waals surface area contributed by atoms with Crippen molar-refractivity contribution in [1.29, 1.82) is 0 Å². The highest BCUT2D eigenvalue weighted by molar-refractivity contribution is 6.09. The molecule has 4 aromatic carbocycles. The van der Waals surface area contributed by atoms with Gasteiger partial charge in [0.25, 0.3) is 11.8 Å². The Morgan fingerprint density at radius 2 is 1.34 bits per heavy atom. The fourth-order valence-corrected chi connectivity index (χ4v) is 3.36. The summed E-state index contributed by atoms with van der Waals surface area (Å²) in [5.41, 5.74) is 2.42. The Hall–Kier alpha value is -4.12. The Bertz CT molecular complexity index is 1230. The molecule has 32 heavy (non-hydrogen) atoms. The lowest BCUT2D eigenvalue weighted by Gasteiger charge is -2.10. The van der Waals surface area contributed by atoms with Crippen LogP contribution in [0.2, 0.25) is 0 Å². The predicted molar refractivity (Wildman–Crippen MR) is 129 cm³/mol. The van der Waals surface area contributed by atoms with E-state index in [1.807, 2.05) is 49.4 Å². The number of hydrogen-bond donors (Lipinski definition) is 2. The molecule has 0 fully saturated rings. The summed E-state index contributed by atoms with van der Waals surface area (Å²) in [6.07, 6.45) is 0.929. The van der Waals surface area contributed by atoms with E-state index in [9.17, 15) is 9.59 Å². The molecule has 0 aliphatic carbocycles. The predicted octanol–water partition coefficient (Wildman–Crippen LogP) is 6.13. The summed E-state index contributed by atoms with van der Waals surface area (Å²) < 4.78 is 5.54. The van der Waals surface area contributed by atoms with Gasteiger partial charge in [0.2, 0.25) is 0 Å². The maximum Gasteiger partial charge on any atom is 0.255 e. The molecule has 0 radical (unpaired) electrons. The van der Waals surface area contributed by atoms with Gasteiger partial charge in [0.1, 0.15) is 5.75 Å². The van der Waals surface area contributed by atoms with E-state index in [1.165, 1.54) is 0 Å². The van der Waals surface area contributed by atoms with E-state index in [-0.39, 0.29) is 11.8 Å². The van der Waals surface area contributed by atoms with Gasteiger partial charge in [0, 0.05) is 27.9 Å². The highest BCUT2D eigenvalue weighted by atomic mass is 16.5. The van der Waals surface area contributed by atoms with E-state index in [4.69, 9.17) is 4.74 Å². The third kappa shape index (κ3) is 4.95. The van der Waals surface area contributed by atoms with Gasteiger partial charge in [-0.1, -0.05) is 43.3 Å². The lowest BCUT2D eigenvalue weighted by Crippen LogP contribution is -2.14. The third-order valence-corrected chi connectivity index (χ3v) is 5.03. The molecule has 0 aliphatic rings. The van der Waals surface area contributed by atoms with Crippen molar-refractivity contribution in [2.75, 3.05) is 17.2 Å².